The molecule has 1 aromatic heterocycles. The summed E-state index contributed by atoms with van der Waals surface area (Å²) in [4.78, 5) is 28.3. The molecule has 1 aliphatic rings. The van der Waals surface area contributed by atoms with Gasteiger partial charge in [-0.05, 0) is 37.1 Å². The van der Waals surface area contributed by atoms with E-state index in [-0.39, 0.29) is 33.9 Å². The van der Waals surface area contributed by atoms with E-state index in [2.05, 4.69) is 15.6 Å². The first kappa shape index (κ1) is 22.3. The lowest BCUT2D eigenvalue weighted by Crippen LogP contribution is -2.41. The molecule has 12 heteroatoms. The molecule has 4 N–H and O–H groups in total. The summed E-state index contributed by atoms with van der Waals surface area (Å²) in [6, 6.07) is 5.43. The number of carbonyl (C=O) groups excluding carboxylic acids is 2. The number of hydrogen-bond acceptors (Lipinski definition) is 9. The zero-order valence-corrected chi connectivity index (χ0v) is 17.6. The Hall–Kier alpha value is -2.38. The van der Waals surface area contributed by atoms with Gasteiger partial charge in [0.15, 0.2) is 10.8 Å². The molecule has 1 aliphatic heterocycles. The Labute approximate surface area is 177 Å². The van der Waals surface area contributed by atoms with Gasteiger partial charge in [0.25, 0.3) is 5.91 Å². The summed E-state index contributed by atoms with van der Waals surface area (Å²) < 4.78 is 33.1. The average molecular weight is 455 g/mol. The topological polar surface area (TPSA) is 150 Å². The van der Waals surface area contributed by atoms with Gasteiger partial charge in [0.05, 0.1) is 24.7 Å². The van der Waals surface area contributed by atoms with Crippen LogP contribution in [0.2, 0.25) is 0 Å². The van der Waals surface area contributed by atoms with Gasteiger partial charge < -0.3 is 14.8 Å². The van der Waals surface area contributed by atoms with Crippen molar-refractivity contribution >= 4 is 38.4 Å². The fourth-order valence-electron chi connectivity index (χ4n) is 2.76. The number of esters is 1. The second-order valence-corrected chi connectivity index (χ2v) is 8.99. The molecule has 0 aliphatic carbocycles. The number of sulfonamides is 1. The summed E-state index contributed by atoms with van der Waals surface area (Å²) in [5, 5.41) is 12.6. The summed E-state index contributed by atoms with van der Waals surface area (Å²) in [5.41, 5.74) is 0.334. The summed E-state index contributed by atoms with van der Waals surface area (Å²) in [6.45, 7) is 2.48. The van der Waals surface area contributed by atoms with Gasteiger partial charge in [-0.15, -0.1) is 11.3 Å². The maximum absolute atomic E-state index is 12.3. The number of benzene rings is 1. The molecule has 0 bridgehead atoms. The first-order valence-corrected chi connectivity index (χ1v) is 11.6. The molecule has 1 unspecified atom stereocenters. The third kappa shape index (κ3) is 6.31. The highest BCUT2D eigenvalue weighted by molar-refractivity contribution is 7.89. The Morgan fingerprint density at radius 1 is 1.33 bits per heavy atom. The summed E-state index contributed by atoms with van der Waals surface area (Å²) >= 11 is 1.08. The standard InChI is InChI=1S/C18H22N4O6S2/c19-30(25,26)14-5-3-12(4-6-14)16(23)22-18-21-15(11-29-18)17(24)28-8-1-2-13-10-27-9-7-20-13/h3-6,11,13,20H,1-2,7-10H2,(H2,19,25,26)(H,21,22,23). The fraction of sp³-hybridized carbons (Fsp3) is 0.389. The van der Waals surface area contributed by atoms with Gasteiger partial charge in [-0.3, -0.25) is 10.1 Å². The molecule has 0 spiro atoms. The minimum Gasteiger partial charge on any atom is -0.461 e. The fourth-order valence-corrected chi connectivity index (χ4v) is 3.95. The van der Waals surface area contributed by atoms with Crippen molar-refractivity contribution in [3.8, 4) is 0 Å². The SMILES string of the molecule is NS(=O)(=O)c1ccc(C(=O)Nc2nc(C(=O)OCCCC3COCCN3)cs2)cc1. The molecule has 2 aromatic rings. The number of thiazole rings is 1. The van der Waals surface area contributed by atoms with Gasteiger partial charge in [-0.1, -0.05) is 0 Å². The minimum absolute atomic E-state index is 0.0925. The highest BCUT2D eigenvalue weighted by atomic mass is 32.2. The van der Waals surface area contributed by atoms with Crippen molar-refractivity contribution in [1.82, 2.24) is 10.3 Å². The molecule has 1 saturated heterocycles. The van der Waals surface area contributed by atoms with Crippen LogP contribution in [0.5, 0.6) is 0 Å². The predicted octanol–water partition coefficient (Wildman–Crippen LogP) is 0.968. The molecule has 1 fully saturated rings. The highest BCUT2D eigenvalue weighted by Crippen LogP contribution is 2.18. The normalized spacial score (nSPS) is 16.8. The molecule has 30 heavy (non-hydrogen) atoms. The molecular formula is C18H22N4O6S2. The van der Waals surface area contributed by atoms with Crippen molar-refractivity contribution in [3.05, 3.63) is 40.9 Å². The van der Waals surface area contributed by atoms with Crippen LogP contribution in [0, 0.1) is 0 Å². The molecular weight excluding hydrogens is 432 g/mol. The molecule has 0 radical (unpaired) electrons. The number of hydrogen-bond donors (Lipinski definition) is 3. The van der Waals surface area contributed by atoms with Crippen LogP contribution in [-0.4, -0.2) is 57.7 Å². The molecule has 10 nitrogen and oxygen atoms in total. The van der Waals surface area contributed by atoms with E-state index in [4.69, 9.17) is 14.6 Å². The number of amides is 1. The smallest absolute Gasteiger partial charge is 0.357 e. The van der Waals surface area contributed by atoms with Crippen LogP contribution in [-0.2, 0) is 19.5 Å². The number of aromatic nitrogens is 1. The Morgan fingerprint density at radius 3 is 2.77 bits per heavy atom. The van der Waals surface area contributed by atoms with Crippen LogP contribution in [0.15, 0.2) is 34.5 Å². The minimum atomic E-state index is -3.83. The Kier molecular flexibility index (Phi) is 7.50. The Morgan fingerprint density at radius 2 is 2.10 bits per heavy atom. The number of nitrogens with two attached hydrogens (primary N) is 1. The van der Waals surface area contributed by atoms with E-state index < -0.39 is 21.9 Å². The van der Waals surface area contributed by atoms with Crippen LogP contribution in [0.4, 0.5) is 5.13 Å². The van der Waals surface area contributed by atoms with Gasteiger partial charge >= 0.3 is 5.97 Å². The van der Waals surface area contributed by atoms with Crippen molar-refractivity contribution < 1.29 is 27.5 Å². The predicted molar refractivity (Wildman–Crippen MR) is 110 cm³/mol. The second kappa shape index (κ2) is 10.1. The van der Waals surface area contributed by atoms with Gasteiger partial charge in [0, 0.05) is 23.5 Å². The van der Waals surface area contributed by atoms with E-state index in [1.807, 2.05) is 0 Å². The summed E-state index contributed by atoms with van der Waals surface area (Å²) in [5.74, 6) is -1.05. The number of primary sulfonamides is 1. The largest absolute Gasteiger partial charge is 0.461 e. The number of anilines is 1. The van der Waals surface area contributed by atoms with E-state index in [1.165, 1.54) is 29.6 Å². The van der Waals surface area contributed by atoms with Crippen molar-refractivity contribution in [2.45, 2.75) is 23.8 Å². The summed E-state index contributed by atoms with van der Waals surface area (Å²) in [6.07, 6.45) is 1.55. The Bertz CT molecular complexity index is 984. The van der Waals surface area contributed by atoms with E-state index >= 15 is 0 Å². The van der Waals surface area contributed by atoms with E-state index in [9.17, 15) is 18.0 Å². The lowest BCUT2D eigenvalue weighted by atomic mass is 10.1. The number of ether oxygens (including phenoxy) is 2. The van der Waals surface area contributed by atoms with Crippen LogP contribution in [0.25, 0.3) is 0 Å². The number of morpholine rings is 1. The number of nitrogens with one attached hydrogen (secondary N) is 2. The summed E-state index contributed by atoms with van der Waals surface area (Å²) in [7, 11) is -3.83. The molecule has 2 heterocycles. The van der Waals surface area contributed by atoms with Crippen molar-refractivity contribution in [1.29, 1.82) is 0 Å². The number of carbonyl (C=O) groups is 2. The highest BCUT2D eigenvalue weighted by Gasteiger charge is 2.16. The quantitative estimate of drug-likeness (QED) is 0.394. The lowest BCUT2D eigenvalue weighted by molar-refractivity contribution is 0.0461. The van der Waals surface area contributed by atoms with Crippen molar-refractivity contribution in [2.75, 3.05) is 31.7 Å². The molecule has 1 atom stereocenters. The van der Waals surface area contributed by atoms with E-state index in [1.54, 1.807) is 0 Å². The lowest BCUT2D eigenvalue weighted by Gasteiger charge is -2.23. The number of rotatable bonds is 8. The third-order valence-corrected chi connectivity index (χ3v) is 5.99. The van der Waals surface area contributed by atoms with Crippen LogP contribution in [0.3, 0.4) is 0 Å². The second-order valence-electron chi connectivity index (χ2n) is 6.57. The molecule has 1 amide bonds. The zero-order chi connectivity index (χ0) is 21.6. The first-order chi connectivity index (χ1) is 14.3. The first-order valence-electron chi connectivity index (χ1n) is 9.21. The number of nitrogens with zero attached hydrogens (tertiary/aromatic N) is 1. The third-order valence-electron chi connectivity index (χ3n) is 4.31. The van der Waals surface area contributed by atoms with E-state index in [0.717, 1.165) is 30.9 Å². The maximum atomic E-state index is 12.3. The van der Waals surface area contributed by atoms with Crippen LogP contribution < -0.4 is 15.8 Å². The molecule has 3 rings (SSSR count). The molecule has 0 saturated carbocycles. The maximum Gasteiger partial charge on any atom is 0.357 e. The zero-order valence-electron chi connectivity index (χ0n) is 16.0. The van der Waals surface area contributed by atoms with E-state index in [0.29, 0.717) is 13.0 Å². The van der Waals surface area contributed by atoms with Gasteiger partial charge in [-0.2, -0.15) is 0 Å². The van der Waals surface area contributed by atoms with Crippen LogP contribution in [0.1, 0.15) is 33.7 Å². The van der Waals surface area contributed by atoms with Crippen molar-refractivity contribution in [2.24, 2.45) is 5.14 Å². The average Bonchev–Trinajstić information content (AvgIpc) is 3.20. The van der Waals surface area contributed by atoms with Gasteiger partial charge in [0.2, 0.25) is 10.0 Å². The molecule has 162 valence electrons. The van der Waals surface area contributed by atoms with Crippen molar-refractivity contribution in [3.63, 3.8) is 0 Å². The molecule has 1 aromatic carbocycles. The Balaban J connectivity index is 1.46. The monoisotopic (exact) mass is 454 g/mol. The van der Waals surface area contributed by atoms with Crippen LogP contribution >= 0.6 is 11.3 Å². The van der Waals surface area contributed by atoms with Gasteiger partial charge in [0.1, 0.15) is 0 Å². The van der Waals surface area contributed by atoms with Gasteiger partial charge in [-0.25, -0.2) is 23.3 Å².